The monoisotopic (exact) mass is 443 g/mol. The largest absolute Gasteiger partial charge is 0.325 e. The van der Waals surface area contributed by atoms with Crippen LogP contribution in [0.3, 0.4) is 0 Å². The molecule has 13 heteroatoms. The van der Waals surface area contributed by atoms with Crippen LogP contribution in [0.25, 0.3) is 0 Å². The summed E-state index contributed by atoms with van der Waals surface area (Å²) < 4.78 is 65.4. The van der Waals surface area contributed by atoms with Crippen molar-refractivity contribution < 1.29 is 35.5 Å². The van der Waals surface area contributed by atoms with Gasteiger partial charge in [0.15, 0.2) is 0 Å². The van der Waals surface area contributed by atoms with Crippen LogP contribution in [0.2, 0.25) is 0 Å². The van der Waals surface area contributed by atoms with Gasteiger partial charge in [0.2, 0.25) is 5.91 Å². The molecule has 0 saturated heterocycles. The molecule has 3 amide bonds. The zero-order chi connectivity index (χ0) is 22.0. The van der Waals surface area contributed by atoms with Crippen molar-refractivity contribution in [2.24, 2.45) is 0 Å². The minimum Gasteiger partial charge on any atom is -0.325 e. The Morgan fingerprint density at radius 3 is 1.66 bits per heavy atom. The second kappa shape index (κ2) is 8.16. The third-order valence-corrected chi connectivity index (χ3v) is 5.29. The van der Waals surface area contributed by atoms with E-state index in [1.165, 1.54) is 0 Å². The van der Waals surface area contributed by atoms with Crippen LogP contribution in [0, 0.1) is 6.92 Å². The number of amides is 3. The normalized spacial score (nSPS) is 11.6. The number of aryl methyl sites for hydroxylation is 1. The molecule has 0 aliphatic rings. The molecule has 0 radical (unpaired) electrons. The first-order chi connectivity index (χ1) is 13.3. The van der Waals surface area contributed by atoms with E-state index in [2.05, 4.69) is 10.6 Å². The predicted octanol–water partition coefficient (Wildman–Crippen LogP) is 2.09. The third-order valence-electron chi connectivity index (χ3n) is 3.51. The highest BCUT2D eigenvalue weighted by molar-refractivity contribution is 7.86. The van der Waals surface area contributed by atoms with Crippen LogP contribution in [0.1, 0.15) is 12.5 Å². The molecule has 2 aromatic carbocycles. The lowest BCUT2D eigenvalue weighted by atomic mass is 10.2. The van der Waals surface area contributed by atoms with E-state index in [-0.39, 0.29) is 0 Å². The SMILES string of the molecule is CC(=O)Nc1cc(S(=O)(=O)O)c(NC(=O)Nc2ccc(C)cc2)cc1S(=O)(=O)O. The van der Waals surface area contributed by atoms with Crippen molar-refractivity contribution in [1.82, 2.24) is 0 Å². The molecule has 0 saturated carbocycles. The number of benzene rings is 2. The molecule has 156 valence electrons. The first-order valence-electron chi connectivity index (χ1n) is 7.82. The van der Waals surface area contributed by atoms with Crippen LogP contribution in [0.15, 0.2) is 46.2 Å². The highest BCUT2D eigenvalue weighted by atomic mass is 32.2. The Morgan fingerprint density at radius 1 is 0.793 bits per heavy atom. The standard InChI is InChI=1S/C16H17N3O8S2/c1-9-3-5-11(6-4-9)18-16(21)19-13-8-14(28(22,23)24)12(17-10(2)20)7-15(13)29(25,26)27/h3-8H,1-2H3,(H,17,20)(H2,18,19,21)(H,22,23,24)(H,25,26,27). The van der Waals surface area contributed by atoms with Crippen molar-refractivity contribution in [3.8, 4) is 0 Å². The minimum atomic E-state index is -4.95. The van der Waals surface area contributed by atoms with E-state index in [4.69, 9.17) is 0 Å². The number of anilines is 3. The van der Waals surface area contributed by atoms with Gasteiger partial charge in [-0.05, 0) is 31.2 Å². The Kier molecular flexibility index (Phi) is 6.27. The van der Waals surface area contributed by atoms with Gasteiger partial charge in [0.25, 0.3) is 20.2 Å². The molecule has 0 bridgehead atoms. The maximum absolute atomic E-state index is 12.2. The van der Waals surface area contributed by atoms with E-state index in [1.54, 1.807) is 24.3 Å². The van der Waals surface area contributed by atoms with Gasteiger partial charge in [-0.15, -0.1) is 0 Å². The third kappa shape index (κ3) is 5.99. The fourth-order valence-electron chi connectivity index (χ4n) is 2.29. The van der Waals surface area contributed by atoms with Crippen LogP contribution in [-0.4, -0.2) is 37.9 Å². The van der Waals surface area contributed by atoms with E-state index >= 15 is 0 Å². The Labute approximate surface area is 166 Å². The van der Waals surface area contributed by atoms with Crippen LogP contribution in [-0.2, 0) is 25.0 Å². The number of carbonyl (C=O) groups is 2. The maximum atomic E-state index is 12.2. The van der Waals surface area contributed by atoms with Crippen LogP contribution < -0.4 is 16.0 Å². The molecule has 29 heavy (non-hydrogen) atoms. The second-order valence-corrected chi connectivity index (χ2v) is 8.70. The molecule has 2 aromatic rings. The van der Waals surface area contributed by atoms with Gasteiger partial charge in [-0.2, -0.15) is 16.8 Å². The molecular formula is C16H17N3O8S2. The van der Waals surface area contributed by atoms with Gasteiger partial charge in [0, 0.05) is 12.6 Å². The molecule has 0 atom stereocenters. The molecule has 11 nitrogen and oxygen atoms in total. The summed E-state index contributed by atoms with van der Waals surface area (Å²) in [6.45, 7) is 2.85. The zero-order valence-corrected chi connectivity index (χ0v) is 16.8. The molecule has 0 unspecified atom stereocenters. The van der Waals surface area contributed by atoms with E-state index in [0.717, 1.165) is 12.5 Å². The fourth-order valence-corrected chi connectivity index (χ4v) is 3.60. The van der Waals surface area contributed by atoms with E-state index in [1.807, 2.05) is 12.2 Å². The lowest BCUT2D eigenvalue weighted by molar-refractivity contribution is -0.114. The van der Waals surface area contributed by atoms with Crippen molar-refractivity contribution >= 4 is 49.2 Å². The second-order valence-electron chi connectivity index (χ2n) is 5.92. The quantitative estimate of drug-likeness (QED) is 0.436. The summed E-state index contributed by atoms with van der Waals surface area (Å²) in [6, 6.07) is 6.80. The van der Waals surface area contributed by atoms with Crippen molar-refractivity contribution in [2.45, 2.75) is 23.6 Å². The summed E-state index contributed by atoms with van der Waals surface area (Å²) in [6.07, 6.45) is 0. The predicted molar refractivity (Wildman–Crippen MR) is 104 cm³/mol. The average Bonchev–Trinajstić information content (AvgIpc) is 2.55. The lowest BCUT2D eigenvalue weighted by Crippen LogP contribution is -2.22. The number of nitrogens with one attached hydrogen (secondary N) is 3. The van der Waals surface area contributed by atoms with Crippen molar-refractivity contribution in [3.63, 3.8) is 0 Å². The zero-order valence-electron chi connectivity index (χ0n) is 15.1. The highest BCUT2D eigenvalue weighted by Crippen LogP contribution is 2.32. The van der Waals surface area contributed by atoms with E-state index in [0.29, 0.717) is 17.8 Å². The number of urea groups is 1. The number of hydrogen-bond acceptors (Lipinski definition) is 6. The summed E-state index contributed by atoms with van der Waals surface area (Å²) in [7, 11) is -9.87. The van der Waals surface area contributed by atoms with E-state index < -0.39 is 53.3 Å². The summed E-state index contributed by atoms with van der Waals surface area (Å²) in [5, 5.41) is 6.52. The van der Waals surface area contributed by atoms with Gasteiger partial charge < -0.3 is 16.0 Å². The van der Waals surface area contributed by atoms with Crippen molar-refractivity contribution in [2.75, 3.05) is 16.0 Å². The first kappa shape index (κ1) is 22.3. The van der Waals surface area contributed by atoms with Crippen LogP contribution in [0.4, 0.5) is 21.9 Å². The Hall–Kier alpha value is -3.00. The van der Waals surface area contributed by atoms with Gasteiger partial charge in [-0.25, -0.2) is 4.79 Å². The Balaban J connectivity index is 2.52. The summed E-state index contributed by atoms with van der Waals surface area (Å²) in [5.74, 6) is -0.769. The molecule has 2 rings (SSSR count). The molecule has 0 aliphatic carbocycles. The Morgan fingerprint density at radius 2 is 1.24 bits per heavy atom. The van der Waals surface area contributed by atoms with Gasteiger partial charge in [-0.1, -0.05) is 17.7 Å². The summed E-state index contributed by atoms with van der Waals surface area (Å²) in [5.41, 5.74) is 0.0401. The Bertz CT molecular complexity index is 1170. The summed E-state index contributed by atoms with van der Waals surface area (Å²) in [4.78, 5) is 21.7. The van der Waals surface area contributed by atoms with Crippen LogP contribution in [0.5, 0.6) is 0 Å². The van der Waals surface area contributed by atoms with Gasteiger partial charge in [0.1, 0.15) is 9.79 Å². The van der Waals surface area contributed by atoms with Gasteiger partial charge in [-0.3, -0.25) is 13.9 Å². The highest BCUT2D eigenvalue weighted by Gasteiger charge is 2.25. The molecule has 0 aromatic heterocycles. The first-order valence-corrected chi connectivity index (χ1v) is 10.7. The molecular weight excluding hydrogens is 426 g/mol. The smallest absolute Gasteiger partial charge is 0.323 e. The molecule has 0 fully saturated rings. The maximum Gasteiger partial charge on any atom is 0.323 e. The molecule has 0 aliphatic heterocycles. The number of rotatable bonds is 5. The van der Waals surface area contributed by atoms with Crippen molar-refractivity contribution in [1.29, 1.82) is 0 Å². The lowest BCUT2D eigenvalue weighted by Gasteiger charge is -2.15. The average molecular weight is 443 g/mol. The minimum absolute atomic E-state index is 0.353. The van der Waals surface area contributed by atoms with Crippen LogP contribution >= 0.6 is 0 Å². The van der Waals surface area contributed by atoms with E-state index in [9.17, 15) is 35.5 Å². The molecule has 0 heterocycles. The number of carbonyl (C=O) groups excluding carboxylic acids is 2. The fraction of sp³-hybridized carbons (Fsp3) is 0.125. The van der Waals surface area contributed by atoms with Crippen molar-refractivity contribution in [3.05, 3.63) is 42.0 Å². The summed E-state index contributed by atoms with van der Waals surface area (Å²) >= 11 is 0. The number of hydrogen-bond donors (Lipinski definition) is 5. The van der Waals surface area contributed by atoms with Gasteiger partial charge in [0.05, 0.1) is 11.4 Å². The molecule has 0 spiro atoms. The topological polar surface area (TPSA) is 179 Å². The molecule has 5 N–H and O–H groups in total. The van der Waals surface area contributed by atoms with Gasteiger partial charge >= 0.3 is 6.03 Å².